The molecule has 2 N–H and O–H groups in total. The second-order valence-corrected chi connectivity index (χ2v) is 11.8. The molecule has 1 amide bonds. The lowest BCUT2D eigenvalue weighted by molar-refractivity contribution is -0.245. The van der Waals surface area contributed by atoms with E-state index in [1.165, 1.54) is 4.90 Å². The highest BCUT2D eigenvalue weighted by Gasteiger charge is 2.32. The summed E-state index contributed by atoms with van der Waals surface area (Å²) >= 11 is 1.79. The predicted molar refractivity (Wildman–Crippen MR) is 173 cm³/mol. The lowest BCUT2D eigenvalue weighted by atomic mass is 9.99. The summed E-state index contributed by atoms with van der Waals surface area (Å²) in [6.07, 6.45) is 3.33. The van der Waals surface area contributed by atoms with Crippen molar-refractivity contribution >= 4 is 17.7 Å². The first-order chi connectivity index (χ1) is 21.6. The Labute approximate surface area is 262 Å². The fourth-order valence-electron chi connectivity index (χ4n) is 5.20. The van der Waals surface area contributed by atoms with Gasteiger partial charge in [0.15, 0.2) is 6.29 Å². The summed E-state index contributed by atoms with van der Waals surface area (Å²) < 4.78 is 13.0. The summed E-state index contributed by atoms with van der Waals surface area (Å²) in [7, 11) is 0. The number of thioether (sulfide) groups is 1. The molecule has 1 aromatic heterocycles. The van der Waals surface area contributed by atoms with Gasteiger partial charge in [-0.25, -0.2) is 0 Å². The minimum Gasteiger partial charge on any atom is -0.392 e. The first-order valence-electron chi connectivity index (χ1n) is 14.7. The van der Waals surface area contributed by atoms with Crippen LogP contribution in [0.3, 0.4) is 0 Å². The van der Waals surface area contributed by atoms with Crippen LogP contribution in [0.2, 0.25) is 0 Å². The molecule has 5 aromatic rings. The second kappa shape index (κ2) is 14.5. The molecule has 3 atom stereocenters. The molecule has 7 heteroatoms. The number of aliphatic hydroxyl groups is 1. The average molecular weight is 603 g/mol. The van der Waals surface area contributed by atoms with Gasteiger partial charge in [0.1, 0.15) is 0 Å². The van der Waals surface area contributed by atoms with Gasteiger partial charge >= 0.3 is 0 Å². The second-order valence-electron chi connectivity index (χ2n) is 10.7. The van der Waals surface area contributed by atoms with Crippen molar-refractivity contribution in [2.75, 3.05) is 5.75 Å². The molecule has 4 aromatic carbocycles. The molecule has 1 fully saturated rings. The van der Waals surface area contributed by atoms with Gasteiger partial charge in [-0.1, -0.05) is 84.9 Å². The molecule has 0 spiro atoms. The monoisotopic (exact) mass is 602 g/mol. The zero-order chi connectivity index (χ0) is 30.1. The number of aromatic nitrogens is 1. The van der Waals surface area contributed by atoms with Gasteiger partial charge in [-0.05, 0) is 58.1 Å². The number of nitrogens with one attached hydrogen (secondary N) is 1. The number of nitrogens with zero attached hydrogens (tertiary/aromatic N) is 1. The van der Waals surface area contributed by atoms with Crippen molar-refractivity contribution in [2.45, 2.75) is 43.0 Å². The van der Waals surface area contributed by atoms with Gasteiger partial charge in [0.05, 0.1) is 24.4 Å². The number of rotatable bonds is 10. The molecule has 0 bridgehead atoms. The first kappa shape index (κ1) is 29.8. The Hall–Kier alpha value is -4.27. The van der Waals surface area contributed by atoms with Crippen LogP contribution in [0.5, 0.6) is 0 Å². The van der Waals surface area contributed by atoms with Crippen LogP contribution in [0.25, 0.3) is 11.1 Å². The smallest absolute Gasteiger partial charge is 0.253 e. The fraction of sp³-hybridized carbons (Fsp3) is 0.189. The van der Waals surface area contributed by atoms with Crippen LogP contribution in [0, 0.1) is 0 Å². The summed E-state index contributed by atoms with van der Waals surface area (Å²) in [6.45, 7) is 0.440. The molecule has 222 valence electrons. The normalized spacial score (nSPS) is 18.1. The number of aliphatic hydroxyl groups excluding tert-OH is 1. The number of carbonyl (C=O) groups excluding carboxylic acids is 1. The van der Waals surface area contributed by atoms with Crippen LogP contribution >= 0.6 is 11.8 Å². The Balaban J connectivity index is 1.15. The molecule has 2 heterocycles. The molecule has 1 aliphatic rings. The van der Waals surface area contributed by atoms with Crippen molar-refractivity contribution in [3.8, 4) is 11.1 Å². The van der Waals surface area contributed by atoms with Crippen LogP contribution < -0.4 is 5.32 Å². The van der Waals surface area contributed by atoms with Gasteiger partial charge in [0, 0.05) is 41.6 Å². The molecule has 44 heavy (non-hydrogen) atoms. The van der Waals surface area contributed by atoms with Gasteiger partial charge in [-0.2, -0.15) is 0 Å². The summed E-state index contributed by atoms with van der Waals surface area (Å²) in [5.74, 6) is 0.667. The van der Waals surface area contributed by atoms with E-state index in [-0.39, 0.29) is 24.7 Å². The Morgan fingerprint density at radius 3 is 2.36 bits per heavy atom. The Kier molecular flexibility index (Phi) is 9.79. The molecular weight excluding hydrogens is 568 g/mol. The van der Waals surface area contributed by atoms with Crippen LogP contribution in [-0.2, 0) is 22.6 Å². The molecule has 0 saturated carbocycles. The van der Waals surface area contributed by atoms with E-state index in [0.29, 0.717) is 12.1 Å². The fourth-order valence-corrected chi connectivity index (χ4v) is 6.15. The molecule has 1 aliphatic heterocycles. The highest BCUT2D eigenvalue weighted by atomic mass is 32.2. The van der Waals surface area contributed by atoms with Gasteiger partial charge in [0.2, 0.25) is 0 Å². The molecule has 6 nitrogen and oxygen atoms in total. The Bertz CT molecular complexity index is 1650. The van der Waals surface area contributed by atoms with Crippen LogP contribution in [0.4, 0.5) is 0 Å². The number of pyridine rings is 1. The largest absolute Gasteiger partial charge is 0.392 e. The topological polar surface area (TPSA) is 80.7 Å². The highest BCUT2D eigenvalue weighted by Crippen LogP contribution is 2.40. The molecule has 0 radical (unpaired) electrons. The first-order valence-corrected chi connectivity index (χ1v) is 15.7. The third-order valence-electron chi connectivity index (χ3n) is 7.61. The Morgan fingerprint density at radius 2 is 1.61 bits per heavy atom. The van der Waals surface area contributed by atoms with Crippen molar-refractivity contribution in [1.29, 1.82) is 0 Å². The van der Waals surface area contributed by atoms with Crippen molar-refractivity contribution in [2.24, 2.45) is 0 Å². The summed E-state index contributed by atoms with van der Waals surface area (Å²) in [5.41, 5.74) is 6.60. The summed E-state index contributed by atoms with van der Waals surface area (Å²) in [6, 6.07) is 38.3. The quantitative estimate of drug-likeness (QED) is 0.161. The van der Waals surface area contributed by atoms with Gasteiger partial charge in [-0.15, -0.1) is 11.8 Å². The highest BCUT2D eigenvalue weighted by molar-refractivity contribution is 7.99. The van der Waals surface area contributed by atoms with Crippen LogP contribution in [-0.4, -0.2) is 27.9 Å². The van der Waals surface area contributed by atoms with E-state index < -0.39 is 6.29 Å². The van der Waals surface area contributed by atoms with Crippen molar-refractivity contribution < 1.29 is 19.4 Å². The lowest BCUT2D eigenvalue weighted by Crippen LogP contribution is -2.31. The third kappa shape index (κ3) is 7.62. The number of amides is 1. The van der Waals surface area contributed by atoms with E-state index in [2.05, 4.69) is 71.0 Å². The van der Waals surface area contributed by atoms with E-state index in [4.69, 9.17) is 9.47 Å². The van der Waals surface area contributed by atoms with E-state index in [9.17, 15) is 9.90 Å². The van der Waals surface area contributed by atoms with E-state index >= 15 is 0 Å². The maximum absolute atomic E-state index is 12.5. The molecule has 1 saturated heterocycles. The number of ether oxygens (including phenoxy) is 2. The SMILES string of the molecule is O=C(NCc1cccc(-c2ccc([C@H]3O[C@@H](CSc4ccccc4)C[C@@H](c4ccc(CO)cc4)O3)cc2)c1)c1cccnc1. The van der Waals surface area contributed by atoms with E-state index in [0.717, 1.165) is 45.6 Å². The number of hydrogen-bond acceptors (Lipinski definition) is 6. The van der Waals surface area contributed by atoms with E-state index in [1.54, 1.807) is 36.3 Å². The standard InChI is InChI=1S/C37H34N2O4S/c40-24-26-11-13-29(14-12-26)35-21-33(25-44-34-9-2-1-3-10-34)42-37(43-35)30-17-15-28(16-18-30)31-7-4-6-27(20-31)22-39-36(41)32-8-5-19-38-23-32/h1-20,23,33,35,37,40H,21-22,24-25H2,(H,39,41)/t33-,35+,37+/m1/s1. The molecular formula is C37H34N2O4S. The van der Waals surface area contributed by atoms with E-state index in [1.807, 2.05) is 42.5 Å². The molecule has 0 aliphatic carbocycles. The van der Waals surface area contributed by atoms with Gasteiger partial charge < -0.3 is 19.9 Å². The minimum atomic E-state index is -0.504. The van der Waals surface area contributed by atoms with Gasteiger partial charge in [0.25, 0.3) is 5.91 Å². The van der Waals surface area contributed by atoms with Crippen LogP contribution in [0.1, 0.15) is 51.4 Å². The third-order valence-corrected chi connectivity index (χ3v) is 8.76. The van der Waals surface area contributed by atoms with Crippen molar-refractivity contribution in [1.82, 2.24) is 10.3 Å². The maximum Gasteiger partial charge on any atom is 0.253 e. The molecule has 0 unspecified atom stereocenters. The Morgan fingerprint density at radius 1 is 0.818 bits per heavy atom. The maximum atomic E-state index is 12.5. The predicted octanol–water partition coefficient (Wildman–Crippen LogP) is 7.51. The average Bonchev–Trinajstić information content (AvgIpc) is 3.10. The van der Waals surface area contributed by atoms with Crippen LogP contribution in [0.15, 0.2) is 133 Å². The zero-order valence-corrected chi connectivity index (χ0v) is 25.0. The van der Waals surface area contributed by atoms with Gasteiger partial charge in [-0.3, -0.25) is 9.78 Å². The summed E-state index contributed by atoms with van der Waals surface area (Å²) in [5, 5.41) is 12.5. The number of carbonyl (C=O) groups is 1. The molecule has 6 rings (SSSR count). The van der Waals surface area contributed by atoms with Crippen molar-refractivity contribution in [3.05, 3.63) is 155 Å². The summed E-state index contributed by atoms with van der Waals surface area (Å²) in [4.78, 5) is 17.7. The zero-order valence-electron chi connectivity index (χ0n) is 24.2. The minimum absolute atomic E-state index is 0.000268. The lowest BCUT2D eigenvalue weighted by Gasteiger charge is -2.36. The number of hydrogen-bond donors (Lipinski definition) is 2. The number of benzene rings is 4. The van der Waals surface area contributed by atoms with Crippen molar-refractivity contribution in [3.63, 3.8) is 0 Å².